The van der Waals surface area contributed by atoms with Crippen LogP contribution >= 0.6 is 0 Å². The number of imidazole rings is 1. The zero-order valence-corrected chi connectivity index (χ0v) is 16.9. The first-order chi connectivity index (χ1) is 13.7. The Labute approximate surface area is 167 Å². The zero-order valence-electron chi connectivity index (χ0n) is 16.9. The fourth-order valence-corrected chi connectivity index (χ4v) is 4.67. The highest BCUT2D eigenvalue weighted by Gasteiger charge is 2.40. The van der Waals surface area contributed by atoms with Gasteiger partial charge < -0.3 is 9.47 Å². The molecular formula is C22H31N5O. The number of aryl methyl sites for hydroxylation is 1. The minimum atomic E-state index is 0.300. The number of nitrogens with zero attached hydrogens (tertiary/aromatic N) is 5. The maximum Gasteiger partial charge on any atom is 0.222 e. The Morgan fingerprint density at radius 3 is 2.71 bits per heavy atom. The van der Waals surface area contributed by atoms with Gasteiger partial charge in [-0.25, -0.2) is 4.98 Å². The van der Waals surface area contributed by atoms with Gasteiger partial charge in [-0.1, -0.05) is 6.07 Å². The smallest absolute Gasteiger partial charge is 0.222 e. The SMILES string of the molecule is CCn1ccnc1CN1CCC2(CCC(=O)N(CCc3ccccn3)C2)CC1. The van der Waals surface area contributed by atoms with E-state index in [1.54, 1.807) is 0 Å². The lowest BCUT2D eigenvalue weighted by atomic mass is 9.72. The lowest BCUT2D eigenvalue weighted by Crippen LogP contribution is -2.51. The normalized spacial score (nSPS) is 20.0. The minimum absolute atomic E-state index is 0.300. The zero-order chi connectivity index (χ0) is 19.4. The molecule has 2 aliphatic heterocycles. The van der Waals surface area contributed by atoms with E-state index in [-0.39, 0.29) is 0 Å². The molecule has 28 heavy (non-hydrogen) atoms. The van der Waals surface area contributed by atoms with Crippen molar-refractivity contribution in [1.29, 1.82) is 0 Å². The summed E-state index contributed by atoms with van der Waals surface area (Å²) in [5.74, 6) is 1.48. The van der Waals surface area contributed by atoms with Gasteiger partial charge in [0.1, 0.15) is 5.82 Å². The number of carbonyl (C=O) groups is 1. The Hall–Kier alpha value is -2.21. The van der Waals surface area contributed by atoms with E-state index < -0.39 is 0 Å². The predicted octanol–water partition coefficient (Wildman–Crippen LogP) is 2.75. The second-order valence-corrected chi connectivity index (χ2v) is 8.29. The maximum atomic E-state index is 12.5. The largest absolute Gasteiger partial charge is 0.342 e. The molecule has 2 aliphatic rings. The van der Waals surface area contributed by atoms with Crippen LogP contribution in [0.1, 0.15) is 44.1 Å². The van der Waals surface area contributed by atoms with Crippen molar-refractivity contribution < 1.29 is 4.79 Å². The van der Waals surface area contributed by atoms with E-state index in [1.165, 1.54) is 12.8 Å². The van der Waals surface area contributed by atoms with E-state index in [9.17, 15) is 4.79 Å². The van der Waals surface area contributed by atoms with Crippen LogP contribution in [0.3, 0.4) is 0 Å². The number of carbonyl (C=O) groups excluding carboxylic acids is 1. The minimum Gasteiger partial charge on any atom is -0.342 e. The van der Waals surface area contributed by atoms with Crippen LogP contribution < -0.4 is 0 Å². The molecule has 0 saturated carbocycles. The van der Waals surface area contributed by atoms with Crippen molar-refractivity contribution in [3.05, 3.63) is 48.3 Å². The summed E-state index contributed by atoms with van der Waals surface area (Å²) in [5, 5.41) is 0. The molecule has 4 heterocycles. The van der Waals surface area contributed by atoms with Crippen LogP contribution in [0, 0.1) is 5.41 Å². The molecule has 0 aliphatic carbocycles. The first-order valence-corrected chi connectivity index (χ1v) is 10.6. The molecule has 150 valence electrons. The Balaban J connectivity index is 1.32. The molecule has 0 radical (unpaired) electrons. The van der Waals surface area contributed by atoms with Crippen LogP contribution in [0.25, 0.3) is 0 Å². The molecule has 1 amide bonds. The molecule has 2 aromatic heterocycles. The van der Waals surface area contributed by atoms with Crippen molar-refractivity contribution in [3.8, 4) is 0 Å². The second-order valence-electron chi connectivity index (χ2n) is 8.29. The Morgan fingerprint density at radius 2 is 1.96 bits per heavy atom. The number of pyridine rings is 1. The Morgan fingerprint density at radius 1 is 1.11 bits per heavy atom. The van der Waals surface area contributed by atoms with Crippen LogP contribution in [0.4, 0.5) is 0 Å². The molecule has 1 spiro atoms. The summed E-state index contributed by atoms with van der Waals surface area (Å²) in [4.78, 5) is 26.0. The lowest BCUT2D eigenvalue weighted by molar-refractivity contribution is -0.139. The molecule has 6 heteroatoms. The van der Waals surface area contributed by atoms with Crippen molar-refractivity contribution in [2.75, 3.05) is 26.2 Å². The third-order valence-corrected chi connectivity index (χ3v) is 6.54. The van der Waals surface area contributed by atoms with Crippen molar-refractivity contribution in [3.63, 3.8) is 0 Å². The highest BCUT2D eigenvalue weighted by atomic mass is 16.2. The summed E-state index contributed by atoms with van der Waals surface area (Å²) in [5.41, 5.74) is 1.37. The van der Waals surface area contributed by atoms with E-state index >= 15 is 0 Å². The fraction of sp³-hybridized carbons (Fsp3) is 0.591. The molecule has 2 saturated heterocycles. The van der Waals surface area contributed by atoms with Gasteiger partial charge in [-0.3, -0.25) is 14.7 Å². The first-order valence-electron chi connectivity index (χ1n) is 10.6. The van der Waals surface area contributed by atoms with Crippen molar-refractivity contribution in [1.82, 2.24) is 24.3 Å². The maximum absolute atomic E-state index is 12.5. The Bertz CT molecular complexity index is 779. The van der Waals surface area contributed by atoms with Crippen molar-refractivity contribution in [2.24, 2.45) is 5.41 Å². The number of amides is 1. The van der Waals surface area contributed by atoms with Crippen molar-refractivity contribution in [2.45, 2.75) is 52.1 Å². The molecule has 0 unspecified atom stereocenters. The summed E-state index contributed by atoms with van der Waals surface area (Å²) in [6.07, 6.45) is 10.7. The van der Waals surface area contributed by atoms with Gasteiger partial charge in [0.2, 0.25) is 5.91 Å². The molecule has 4 rings (SSSR count). The summed E-state index contributed by atoms with van der Waals surface area (Å²) >= 11 is 0. The molecule has 6 nitrogen and oxygen atoms in total. The topological polar surface area (TPSA) is 54.3 Å². The molecule has 0 atom stereocenters. The lowest BCUT2D eigenvalue weighted by Gasteiger charge is -2.47. The molecule has 2 fully saturated rings. The van der Waals surface area contributed by atoms with Gasteiger partial charge in [0.25, 0.3) is 0 Å². The Kier molecular flexibility index (Phi) is 5.76. The quantitative estimate of drug-likeness (QED) is 0.772. The number of aromatic nitrogens is 3. The molecular weight excluding hydrogens is 350 g/mol. The van der Waals surface area contributed by atoms with Crippen LogP contribution in [-0.2, 0) is 24.3 Å². The third-order valence-electron chi connectivity index (χ3n) is 6.54. The van der Waals surface area contributed by atoms with Gasteiger partial charge in [0.05, 0.1) is 6.54 Å². The summed E-state index contributed by atoms with van der Waals surface area (Å²) in [6, 6.07) is 6.00. The second kappa shape index (κ2) is 8.43. The molecule has 2 aromatic rings. The standard InChI is InChI=1S/C22H31N5O/c1-2-26-16-12-24-20(26)17-25-14-9-22(10-15-25)8-6-21(28)27(18-22)13-7-19-5-3-4-11-23-19/h3-5,11-12,16H,2,6-10,13-15,17-18H2,1H3. The van der Waals surface area contributed by atoms with Gasteiger partial charge in [0.15, 0.2) is 0 Å². The van der Waals surface area contributed by atoms with E-state index in [4.69, 9.17) is 0 Å². The molecule has 0 bridgehead atoms. The monoisotopic (exact) mass is 381 g/mol. The van der Waals surface area contributed by atoms with Crippen LogP contribution in [0.2, 0.25) is 0 Å². The molecule has 0 N–H and O–H groups in total. The van der Waals surface area contributed by atoms with E-state index in [0.717, 1.165) is 63.6 Å². The number of hydrogen-bond acceptors (Lipinski definition) is 4. The fourth-order valence-electron chi connectivity index (χ4n) is 4.67. The van der Waals surface area contributed by atoms with Gasteiger partial charge in [-0.15, -0.1) is 0 Å². The van der Waals surface area contributed by atoms with E-state index in [1.807, 2.05) is 30.6 Å². The van der Waals surface area contributed by atoms with Gasteiger partial charge in [0, 0.05) is 56.8 Å². The van der Waals surface area contributed by atoms with Gasteiger partial charge in [-0.05, 0) is 56.8 Å². The van der Waals surface area contributed by atoms with E-state index in [0.29, 0.717) is 17.7 Å². The number of hydrogen-bond donors (Lipinski definition) is 0. The van der Waals surface area contributed by atoms with Gasteiger partial charge >= 0.3 is 0 Å². The number of rotatable bonds is 6. The average molecular weight is 382 g/mol. The average Bonchev–Trinajstić information content (AvgIpc) is 3.18. The predicted molar refractivity (Wildman–Crippen MR) is 109 cm³/mol. The van der Waals surface area contributed by atoms with E-state index in [2.05, 4.69) is 37.5 Å². The first kappa shape index (κ1) is 19.1. The molecule has 0 aromatic carbocycles. The number of piperidine rings is 2. The third kappa shape index (κ3) is 4.27. The van der Waals surface area contributed by atoms with Crippen molar-refractivity contribution >= 4 is 5.91 Å². The summed E-state index contributed by atoms with van der Waals surface area (Å²) in [6.45, 7) is 7.96. The highest BCUT2D eigenvalue weighted by Crippen LogP contribution is 2.40. The van der Waals surface area contributed by atoms with Gasteiger partial charge in [-0.2, -0.15) is 0 Å². The number of likely N-dealkylation sites (tertiary alicyclic amines) is 2. The highest BCUT2D eigenvalue weighted by molar-refractivity contribution is 5.77. The van der Waals surface area contributed by atoms with Crippen LogP contribution in [0.15, 0.2) is 36.8 Å². The van der Waals surface area contributed by atoms with Crippen LogP contribution in [0.5, 0.6) is 0 Å². The summed E-state index contributed by atoms with van der Waals surface area (Å²) < 4.78 is 2.23. The summed E-state index contributed by atoms with van der Waals surface area (Å²) in [7, 11) is 0. The van der Waals surface area contributed by atoms with Crippen LogP contribution in [-0.4, -0.2) is 56.4 Å².